The van der Waals surface area contributed by atoms with E-state index in [9.17, 15) is 27.0 Å². The van der Waals surface area contributed by atoms with Gasteiger partial charge in [0, 0.05) is 0 Å². The van der Waals surface area contributed by atoms with Crippen LogP contribution in [-0.2, 0) is 33.3 Å². The van der Waals surface area contributed by atoms with Crippen LogP contribution in [0.1, 0.15) is 0 Å². The van der Waals surface area contributed by atoms with E-state index in [1.54, 1.807) is 0 Å². The van der Waals surface area contributed by atoms with Crippen LogP contribution < -0.4 is 0 Å². The van der Waals surface area contributed by atoms with Crippen molar-refractivity contribution in [3.63, 3.8) is 0 Å². The van der Waals surface area contributed by atoms with E-state index in [0.717, 1.165) is 12.5 Å². The smallest absolute Gasteiger partial charge is 0.264 e. The first kappa shape index (κ1) is 18.7. The Kier molecular flexibility index (Phi) is 7.96. The molecule has 0 heterocycles. The van der Waals surface area contributed by atoms with E-state index in [1.165, 1.54) is 0 Å². The van der Waals surface area contributed by atoms with Crippen molar-refractivity contribution >= 4 is 20.2 Å². The largest absolute Gasteiger partial charge is 0.388 e. The van der Waals surface area contributed by atoms with Gasteiger partial charge in [0.2, 0.25) is 0 Å². The maximum absolute atomic E-state index is 10.6. The highest BCUT2D eigenvalue weighted by Gasteiger charge is 2.12. The van der Waals surface area contributed by atoms with Crippen molar-refractivity contribution in [3.8, 4) is 0 Å². The highest BCUT2D eigenvalue weighted by molar-refractivity contribution is 7.86. The maximum atomic E-state index is 10.6. The van der Waals surface area contributed by atoms with Crippen LogP contribution in [0.5, 0.6) is 0 Å². The second-order valence-corrected chi connectivity index (χ2v) is 7.11. The summed E-state index contributed by atoms with van der Waals surface area (Å²) in [6.45, 7) is -1.47. The van der Waals surface area contributed by atoms with Gasteiger partial charge in [0.25, 0.3) is 20.2 Å². The Hall–Kier alpha value is -0.300. The molecule has 0 bridgehead atoms. The van der Waals surface area contributed by atoms with E-state index in [-0.39, 0.29) is 13.2 Å². The molecule has 2 N–H and O–H groups in total. The van der Waals surface area contributed by atoms with Crippen molar-refractivity contribution in [2.45, 2.75) is 12.2 Å². The summed E-state index contributed by atoms with van der Waals surface area (Å²) in [4.78, 5) is 0. The molecule has 11 heteroatoms. The lowest BCUT2D eigenvalue weighted by molar-refractivity contribution is -0.0296. The summed E-state index contributed by atoms with van der Waals surface area (Å²) in [7, 11) is -7.27. The van der Waals surface area contributed by atoms with Crippen LogP contribution in [-0.4, -0.2) is 78.2 Å². The zero-order valence-electron chi connectivity index (χ0n) is 10.6. The molecule has 19 heavy (non-hydrogen) atoms. The first-order valence-corrected chi connectivity index (χ1v) is 8.75. The predicted molar refractivity (Wildman–Crippen MR) is 64.4 cm³/mol. The summed E-state index contributed by atoms with van der Waals surface area (Å²) in [6, 6.07) is 0. The monoisotopic (exact) mass is 322 g/mol. The number of aliphatic hydroxyl groups is 2. The van der Waals surface area contributed by atoms with Crippen molar-refractivity contribution < 1.29 is 40.2 Å². The van der Waals surface area contributed by atoms with Gasteiger partial charge in [-0.05, 0) is 0 Å². The molecule has 0 fully saturated rings. The SMILES string of the molecule is CS(=O)(=O)OCC(O)COCC(O)COS(C)(=O)=O. The lowest BCUT2D eigenvalue weighted by Gasteiger charge is -2.13. The van der Waals surface area contributed by atoms with Crippen LogP contribution in [0.15, 0.2) is 0 Å². The van der Waals surface area contributed by atoms with Gasteiger partial charge in [0.1, 0.15) is 12.2 Å². The zero-order valence-corrected chi connectivity index (χ0v) is 12.2. The predicted octanol–water partition coefficient (Wildman–Crippen LogP) is -2.32. The van der Waals surface area contributed by atoms with Crippen LogP contribution in [0.4, 0.5) is 0 Å². The summed E-state index contributed by atoms with van der Waals surface area (Å²) in [5.74, 6) is 0. The summed E-state index contributed by atoms with van der Waals surface area (Å²) in [5.41, 5.74) is 0. The first-order chi connectivity index (χ1) is 8.49. The van der Waals surface area contributed by atoms with Crippen LogP contribution in [0.3, 0.4) is 0 Å². The maximum Gasteiger partial charge on any atom is 0.264 e. The molecule has 0 saturated carbocycles. The molecule has 9 nitrogen and oxygen atoms in total. The first-order valence-electron chi connectivity index (χ1n) is 5.12. The third-order valence-corrected chi connectivity index (χ3v) is 2.70. The fourth-order valence-corrected chi connectivity index (χ4v) is 1.65. The van der Waals surface area contributed by atoms with Crippen molar-refractivity contribution in [1.82, 2.24) is 0 Å². The Morgan fingerprint density at radius 2 is 1.11 bits per heavy atom. The summed E-state index contributed by atoms with van der Waals surface area (Å²) in [5, 5.41) is 18.5. The number of rotatable bonds is 10. The molecule has 0 aliphatic carbocycles. The Balaban J connectivity index is 3.72. The van der Waals surface area contributed by atoms with Gasteiger partial charge in [-0.1, -0.05) is 0 Å². The minimum Gasteiger partial charge on any atom is -0.388 e. The summed E-state index contributed by atoms with van der Waals surface area (Å²) in [6.07, 6.45) is -0.685. The van der Waals surface area contributed by atoms with Gasteiger partial charge in [-0.25, -0.2) is 0 Å². The van der Waals surface area contributed by atoms with Crippen LogP contribution in [0.2, 0.25) is 0 Å². The summed E-state index contributed by atoms with van der Waals surface area (Å²) < 4.78 is 55.9. The van der Waals surface area contributed by atoms with Crippen molar-refractivity contribution in [3.05, 3.63) is 0 Å². The molecule has 0 aliphatic rings. The molecular formula is C8H18O9S2. The minimum absolute atomic E-state index is 0.272. The third kappa shape index (κ3) is 13.9. The number of hydrogen-bond donors (Lipinski definition) is 2. The quantitative estimate of drug-likeness (QED) is 0.424. The van der Waals surface area contributed by atoms with Crippen LogP contribution >= 0.6 is 0 Å². The van der Waals surface area contributed by atoms with E-state index in [1.807, 2.05) is 0 Å². The zero-order chi connectivity index (χ0) is 15.1. The molecule has 0 radical (unpaired) electrons. The standard InChI is InChI=1S/C8H18O9S2/c1-18(11,12)16-5-7(9)3-15-4-8(10)6-17-19(2,13)14/h7-10H,3-6H2,1-2H3. The van der Waals surface area contributed by atoms with Gasteiger partial charge in [-0.3, -0.25) is 8.37 Å². The lowest BCUT2D eigenvalue weighted by Crippen LogP contribution is -2.28. The second-order valence-electron chi connectivity index (χ2n) is 3.82. The van der Waals surface area contributed by atoms with E-state index >= 15 is 0 Å². The molecule has 0 aromatic carbocycles. The molecule has 0 saturated heterocycles. The van der Waals surface area contributed by atoms with Crippen LogP contribution in [0.25, 0.3) is 0 Å². The second kappa shape index (κ2) is 8.09. The molecule has 0 rings (SSSR count). The molecule has 116 valence electrons. The molecule has 0 amide bonds. The molecule has 0 aromatic rings. The number of hydrogen-bond acceptors (Lipinski definition) is 9. The van der Waals surface area contributed by atoms with Gasteiger partial charge < -0.3 is 14.9 Å². The average Bonchev–Trinajstić information content (AvgIpc) is 2.22. The van der Waals surface area contributed by atoms with Gasteiger partial charge in [0.05, 0.1) is 38.9 Å². The van der Waals surface area contributed by atoms with Gasteiger partial charge >= 0.3 is 0 Å². The van der Waals surface area contributed by atoms with E-state index in [0.29, 0.717) is 0 Å². The van der Waals surface area contributed by atoms with Gasteiger partial charge in [-0.15, -0.1) is 0 Å². The van der Waals surface area contributed by atoms with Gasteiger partial charge in [0.15, 0.2) is 0 Å². The fraction of sp³-hybridized carbons (Fsp3) is 1.00. The van der Waals surface area contributed by atoms with Crippen molar-refractivity contribution in [2.75, 3.05) is 38.9 Å². The Morgan fingerprint density at radius 1 is 0.789 bits per heavy atom. The topological polar surface area (TPSA) is 136 Å². The fourth-order valence-electron chi connectivity index (χ4n) is 0.841. The van der Waals surface area contributed by atoms with E-state index in [2.05, 4.69) is 8.37 Å². The van der Waals surface area contributed by atoms with E-state index in [4.69, 9.17) is 4.74 Å². The van der Waals surface area contributed by atoms with E-state index < -0.39 is 45.7 Å². The average molecular weight is 322 g/mol. The summed E-state index contributed by atoms with van der Waals surface area (Å²) >= 11 is 0. The molecule has 0 aromatic heterocycles. The Bertz CT molecular complexity index is 399. The molecule has 0 spiro atoms. The van der Waals surface area contributed by atoms with Crippen LogP contribution in [0, 0.1) is 0 Å². The highest BCUT2D eigenvalue weighted by atomic mass is 32.2. The lowest BCUT2D eigenvalue weighted by atomic mass is 10.4. The minimum atomic E-state index is -3.64. The molecule has 0 aliphatic heterocycles. The third-order valence-electron chi connectivity index (χ3n) is 1.57. The normalized spacial score (nSPS) is 16.2. The molecule has 2 atom stereocenters. The van der Waals surface area contributed by atoms with Gasteiger partial charge in [-0.2, -0.15) is 16.8 Å². The highest BCUT2D eigenvalue weighted by Crippen LogP contribution is 1.96. The van der Waals surface area contributed by atoms with Crippen molar-refractivity contribution in [1.29, 1.82) is 0 Å². The number of ether oxygens (including phenoxy) is 1. The Labute approximate surface area is 112 Å². The van der Waals surface area contributed by atoms with Crippen molar-refractivity contribution in [2.24, 2.45) is 0 Å². The Morgan fingerprint density at radius 3 is 1.37 bits per heavy atom. The number of aliphatic hydroxyl groups excluding tert-OH is 2. The molecule has 2 unspecified atom stereocenters. The molecular weight excluding hydrogens is 304 g/mol.